The van der Waals surface area contributed by atoms with Crippen LogP contribution in [0.3, 0.4) is 0 Å². The molecule has 0 saturated heterocycles. The summed E-state index contributed by atoms with van der Waals surface area (Å²) in [7, 11) is 0. The Bertz CT molecular complexity index is 398. The van der Waals surface area contributed by atoms with Crippen LogP contribution in [0.25, 0.3) is 11.3 Å². The van der Waals surface area contributed by atoms with Gasteiger partial charge in [-0.2, -0.15) is 0 Å². The maximum absolute atomic E-state index is 5.36. The van der Waals surface area contributed by atoms with Crippen molar-refractivity contribution in [3.63, 3.8) is 0 Å². The van der Waals surface area contributed by atoms with E-state index in [0.717, 1.165) is 11.3 Å². The topological polar surface area (TPSA) is 13.1 Å². The van der Waals surface area contributed by atoms with Crippen molar-refractivity contribution in [3.8, 4) is 11.3 Å². The molecular weight excluding hydrogens is 196 g/mol. The highest BCUT2D eigenvalue weighted by Gasteiger charge is 1.99. The molecule has 0 aliphatic carbocycles. The molecule has 0 radical (unpaired) electrons. The van der Waals surface area contributed by atoms with Gasteiger partial charge in [0.2, 0.25) is 0 Å². The van der Waals surface area contributed by atoms with Gasteiger partial charge in [0, 0.05) is 5.56 Å². The fraction of sp³-hybridized carbons (Fsp3) is 0.333. The Labute approximate surface area is 97.1 Å². The third-order valence-corrected chi connectivity index (χ3v) is 2.83. The van der Waals surface area contributed by atoms with Crippen LogP contribution in [-0.4, -0.2) is 0 Å². The van der Waals surface area contributed by atoms with Crippen molar-refractivity contribution >= 4 is 0 Å². The third-order valence-electron chi connectivity index (χ3n) is 2.83. The molecule has 0 fully saturated rings. The van der Waals surface area contributed by atoms with Crippen LogP contribution in [0.5, 0.6) is 0 Å². The van der Waals surface area contributed by atoms with Crippen molar-refractivity contribution < 1.29 is 4.42 Å². The number of aryl methyl sites for hydroxylation is 1. The summed E-state index contributed by atoms with van der Waals surface area (Å²) in [6.45, 7) is 2.24. The van der Waals surface area contributed by atoms with Gasteiger partial charge in [0.05, 0.1) is 6.26 Å². The predicted octanol–water partition coefficient (Wildman–Crippen LogP) is 4.68. The monoisotopic (exact) mass is 214 g/mol. The minimum atomic E-state index is 0.945. The van der Waals surface area contributed by atoms with Crippen LogP contribution in [0.2, 0.25) is 0 Å². The number of furan rings is 1. The fourth-order valence-corrected chi connectivity index (χ4v) is 1.86. The van der Waals surface area contributed by atoms with E-state index in [1.54, 1.807) is 6.26 Å². The molecular formula is C15H18O. The Hall–Kier alpha value is -1.50. The lowest BCUT2D eigenvalue weighted by atomic mass is 10.0. The molecule has 2 rings (SSSR count). The van der Waals surface area contributed by atoms with E-state index in [1.807, 2.05) is 12.1 Å². The highest BCUT2D eigenvalue weighted by Crippen LogP contribution is 2.20. The van der Waals surface area contributed by atoms with Gasteiger partial charge in [-0.15, -0.1) is 0 Å². The Morgan fingerprint density at radius 1 is 1.00 bits per heavy atom. The molecule has 1 heterocycles. The quantitative estimate of drug-likeness (QED) is 0.659. The smallest absolute Gasteiger partial charge is 0.133 e. The van der Waals surface area contributed by atoms with Crippen LogP contribution in [0.15, 0.2) is 47.1 Å². The first-order chi connectivity index (χ1) is 7.90. The summed E-state index contributed by atoms with van der Waals surface area (Å²) in [5, 5.41) is 0. The van der Waals surface area contributed by atoms with E-state index < -0.39 is 0 Å². The first-order valence-electron chi connectivity index (χ1n) is 6.03. The Balaban J connectivity index is 2.00. The van der Waals surface area contributed by atoms with Crippen LogP contribution in [0.4, 0.5) is 0 Å². The van der Waals surface area contributed by atoms with Crippen LogP contribution < -0.4 is 0 Å². The SMILES string of the molecule is CCCCCc1ccc(-c2ccco2)cc1. The van der Waals surface area contributed by atoms with Crippen molar-refractivity contribution in [2.24, 2.45) is 0 Å². The van der Waals surface area contributed by atoms with E-state index >= 15 is 0 Å². The number of hydrogen-bond acceptors (Lipinski definition) is 1. The average Bonchev–Trinajstić information content (AvgIpc) is 2.84. The van der Waals surface area contributed by atoms with Crippen LogP contribution in [0, 0.1) is 0 Å². The molecule has 0 unspecified atom stereocenters. The van der Waals surface area contributed by atoms with Gasteiger partial charge >= 0.3 is 0 Å². The van der Waals surface area contributed by atoms with Crippen molar-refractivity contribution in [1.82, 2.24) is 0 Å². The number of unbranched alkanes of at least 4 members (excludes halogenated alkanes) is 2. The molecule has 0 saturated carbocycles. The van der Waals surface area contributed by atoms with Gasteiger partial charge in [-0.1, -0.05) is 44.0 Å². The van der Waals surface area contributed by atoms with Crippen molar-refractivity contribution in [1.29, 1.82) is 0 Å². The largest absolute Gasteiger partial charge is 0.464 e. The normalized spacial score (nSPS) is 10.6. The second-order valence-electron chi connectivity index (χ2n) is 4.13. The minimum absolute atomic E-state index is 0.945. The van der Waals surface area contributed by atoms with Gasteiger partial charge in [0.25, 0.3) is 0 Å². The second kappa shape index (κ2) is 5.55. The van der Waals surface area contributed by atoms with E-state index in [4.69, 9.17) is 4.42 Å². The summed E-state index contributed by atoms with van der Waals surface area (Å²) >= 11 is 0. The molecule has 0 atom stereocenters. The molecule has 16 heavy (non-hydrogen) atoms. The van der Waals surface area contributed by atoms with Crippen LogP contribution in [-0.2, 0) is 6.42 Å². The second-order valence-corrected chi connectivity index (χ2v) is 4.13. The minimum Gasteiger partial charge on any atom is -0.464 e. The molecule has 0 N–H and O–H groups in total. The molecule has 2 aromatic rings. The highest BCUT2D eigenvalue weighted by atomic mass is 16.3. The van der Waals surface area contributed by atoms with Gasteiger partial charge < -0.3 is 4.42 Å². The van der Waals surface area contributed by atoms with Crippen LogP contribution in [0.1, 0.15) is 31.7 Å². The van der Waals surface area contributed by atoms with Gasteiger partial charge in [0.1, 0.15) is 5.76 Å². The lowest BCUT2D eigenvalue weighted by molar-refractivity contribution is 0.582. The van der Waals surface area contributed by atoms with E-state index in [9.17, 15) is 0 Å². The zero-order valence-electron chi connectivity index (χ0n) is 9.78. The zero-order chi connectivity index (χ0) is 11.2. The number of benzene rings is 1. The van der Waals surface area contributed by atoms with E-state index in [1.165, 1.54) is 31.2 Å². The maximum Gasteiger partial charge on any atom is 0.133 e. The van der Waals surface area contributed by atoms with Gasteiger partial charge in [-0.3, -0.25) is 0 Å². The fourth-order valence-electron chi connectivity index (χ4n) is 1.86. The first kappa shape index (κ1) is 11.0. The number of hydrogen-bond donors (Lipinski definition) is 0. The van der Waals surface area contributed by atoms with E-state index in [0.29, 0.717) is 0 Å². The molecule has 0 aliphatic heterocycles. The molecule has 0 amide bonds. The lowest BCUT2D eigenvalue weighted by Gasteiger charge is -2.02. The predicted molar refractivity (Wildman–Crippen MR) is 67.4 cm³/mol. The molecule has 1 nitrogen and oxygen atoms in total. The van der Waals surface area contributed by atoms with E-state index in [-0.39, 0.29) is 0 Å². The highest BCUT2D eigenvalue weighted by molar-refractivity contribution is 5.57. The zero-order valence-corrected chi connectivity index (χ0v) is 9.78. The Morgan fingerprint density at radius 2 is 1.81 bits per heavy atom. The van der Waals surface area contributed by atoms with Gasteiger partial charge in [-0.05, 0) is 30.5 Å². The first-order valence-corrected chi connectivity index (χ1v) is 6.03. The molecule has 1 aromatic heterocycles. The third kappa shape index (κ3) is 2.75. The molecule has 0 spiro atoms. The van der Waals surface area contributed by atoms with E-state index in [2.05, 4.69) is 31.2 Å². The molecule has 1 heteroatoms. The van der Waals surface area contributed by atoms with Crippen molar-refractivity contribution in [2.75, 3.05) is 0 Å². The summed E-state index contributed by atoms with van der Waals surface area (Å²) in [4.78, 5) is 0. The van der Waals surface area contributed by atoms with Crippen molar-refractivity contribution in [3.05, 3.63) is 48.2 Å². The van der Waals surface area contributed by atoms with Gasteiger partial charge in [0.15, 0.2) is 0 Å². The Kier molecular flexibility index (Phi) is 3.81. The standard InChI is InChI=1S/C15H18O/c1-2-3-4-6-13-8-10-14(11-9-13)15-7-5-12-16-15/h5,7-12H,2-4,6H2,1H3. The summed E-state index contributed by atoms with van der Waals surface area (Å²) in [5.41, 5.74) is 2.58. The molecule has 0 bridgehead atoms. The summed E-state index contributed by atoms with van der Waals surface area (Å²) in [5.74, 6) is 0.945. The molecule has 1 aromatic carbocycles. The lowest BCUT2D eigenvalue weighted by Crippen LogP contribution is -1.85. The van der Waals surface area contributed by atoms with Crippen LogP contribution >= 0.6 is 0 Å². The summed E-state index contributed by atoms with van der Waals surface area (Å²) in [6, 6.07) is 12.6. The van der Waals surface area contributed by atoms with Crippen molar-refractivity contribution in [2.45, 2.75) is 32.6 Å². The molecule has 0 aliphatic rings. The summed E-state index contributed by atoms with van der Waals surface area (Å²) in [6.07, 6.45) is 6.79. The summed E-state index contributed by atoms with van der Waals surface area (Å²) < 4.78 is 5.36. The number of rotatable bonds is 5. The average molecular weight is 214 g/mol. The Morgan fingerprint density at radius 3 is 2.44 bits per heavy atom. The molecule has 84 valence electrons. The van der Waals surface area contributed by atoms with Gasteiger partial charge in [-0.25, -0.2) is 0 Å². The maximum atomic E-state index is 5.36.